The summed E-state index contributed by atoms with van der Waals surface area (Å²) in [6.45, 7) is 0. The first kappa shape index (κ1) is 11.9. The Morgan fingerprint density at radius 3 is 2.78 bits per heavy atom. The Morgan fingerprint density at radius 1 is 1.28 bits per heavy atom. The molecule has 5 heteroatoms. The molecule has 18 heavy (non-hydrogen) atoms. The Bertz CT molecular complexity index is 691. The molecule has 0 amide bonds. The summed E-state index contributed by atoms with van der Waals surface area (Å²) in [5, 5.41) is 21.6. The fourth-order valence-electron chi connectivity index (χ4n) is 1.50. The van der Waals surface area contributed by atoms with E-state index in [0.717, 1.165) is 11.1 Å². The van der Waals surface area contributed by atoms with E-state index in [0.29, 0.717) is 10.5 Å². The first-order valence-electron chi connectivity index (χ1n) is 5.06. The zero-order chi connectivity index (χ0) is 13.0. The Kier molecular flexibility index (Phi) is 3.43. The molecular weight excluding hydrogens is 248 g/mol. The van der Waals surface area contributed by atoms with E-state index in [4.69, 9.17) is 22.1 Å². The number of anilines is 1. The van der Waals surface area contributed by atoms with Crippen molar-refractivity contribution in [2.75, 3.05) is 5.32 Å². The lowest BCUT2D eigenvalue weighted by Crippen LogP contribution is -1.92. The van der Waals surface area contributed by atoms with Crippen LogP contribution < -0.4 is 5.32 Å². The van der Waals surface area contributed by atoms with Crippen LogP contribution in [0.1, 0.15) is 0 Å². The number of allylic oxidation sites excluding steroid dienone is 1. The maximum absolute atomic E-state index is 8.65. The lowest BCUT2D eigenvalue weighted by Gasteiger charge is -2.06. The highest BCUT2D eigenvalue weighted by molar-refractivity contribution is 6.35. The van der Waals surface area contributed by atoms with Crippen LogP contribution in [-0.4, -0.2) is 4.98 Å². The van der Waals surface area contributed by atoms with Crippen molar-refractivity contribution in [2.24, 2.45) is 0 Å². The Labute approximate surface area is 109 Å². The van der Waals surface area contributed by atoms with E-state index in [1.54, 1.807) is 36.5 Å². The summed E-state index contributed by atoms with van der Waals surface area (Å²) in [4.78, 5) is 4.19. The molecule has 0 fully saturated rings. The normalized spacial score (nSPS) is 9.28. The zero-order valence-electron chi connectivity index (χ0n) is 9.18. The van der Waals surface area contributed by atoms with Gasteiger partial charge in [0.1, 0.15) is 17.7 Å². The Balaban J connectivity index is 2.48. The van der Waals surface area contributed by atoms with Crippen molar-refractivity contribution >= 4 is 28.2 Å². The third-order valence-corrected chi connectivity index (χ3v) is 2.64. The summed E-state index contributed by atoms with van der Waals surface area (Å²) in [6.07, 6.45) is 3.01. The minimum atomic E-state index is 0.00184. The smallest absolute Gasteiger partial charge is 0.145 e. The van der Waals surface area contributed by atoms with Gasteiger partial charge in [-0.15, -0.1) is 0 Å². The second kappa shape index (κ2) is 5.18. The average Bonchev–Trinajstić information content (AvgIpc) is 2.42. The first-order chi connectivity index (χ1) is 8.76. The van der Waals surface area contributed by atoms with Crippen LogP contribution in [-0.2, 0) is 0 Å². The van der Waals surface area contributed by atoms with E-state index in [-0.39, 0.29) is 5.57 Å². The molecule has 1 N–H and O–H groups in total. The standard InChI is InChI=1S/C13H7ClN4/c14-11-3-4-12(18-8-9(6-15)7-16)10-2-1-5-17-13(10)11/h1-5,8,18H. The summed E-state index contributed by atoms with van der Waals surface area (Å²) >= 11 is 6.04. The van der Waals surface area contributed by atoms with E-state index in [9.17, 15) is 0 Å². The lowest BCUT2D eigenvalue weighted by molar-refractivity contribution is 1.41. The van der Waals surface area contributed by atoms with Crippen molar-refractivity contribution in [3.8, 4) is 12.1 Å². The third kappa shape index (κ3) is 2.24. The summed E-state index contributed by atoms with van der Waals surface area (Å²) in [6, 6.07) is 10.7. The second-order valence-electron chi connectivity index (χ2n) is 3.42. The van der Waals surface area contributed by atoms with Gasteiger partial charge in [-0.3, -0.25) is 4.98 Å². The number of halogens is 1. The van der Waals surface area contributed by atoms with Crippen LogP contribution >= 0.6 is 11.6 Å². The summed E-state index contributed by atoms with van der Waals surface area (Å²) in [5.74, 6) is 0. The fourth-order valence-corrected chi connectivity index (χ4v) is 1.72. The minimum absolute atomic E-state index is 0.00184. The van der Waals surface area contributed by atoms with E-state index in [1.807, 2.05) is 6.07 Å². The second-order valence-corrected chi connectivity index (χ2v) is 3.83. The van der Waals surface area contributed by atoms with E-state index < -0.39 is 0 Å². The molecule has 2 aromatic rings. The van der Waals surface area contributed by atoms with Gasteiger partial charge in [-0.25, -0.2) is 0 Å². The number of fused-ring (bicyclic) bond motifs is 1. The van der Waals surface area contributed by atoms with Gasteiger partial charge >= 0.3 is 0 Å². The van der Waals surface area contributed by atoms with Gasteiger partial charge in [0.15, 0.2) is 0 Å². The van der Waals surface area contributed by atoms with Gasteiger partial charge in [0.05, 0.1) is 10.5 Å². The van der Waals surface area contributed by atoms with Crippen LogP contribution in [0.15, 0.2) is 42.2 Å². The number of rotatable bonds is 2. The molecule has 0 atom stereocenters. The molecule has 0 bridgehead atoms. The van der Waals surface area contributed by atoms with Crippen molar-refractivity contribution in [1.82, 2.24) is 4.98 Å². The van der Waals surface area contributed by atoms with Gasteiger partial charge in [-0.05, 0) is 24.3 Å². The van der Waals surface area contributed by atoms with Crippen LogP contribution in [0.5, 0.6) is 0 Å². The van der Waals surface area contributed by atoms with Crippen molar-refractivity contribution in [2.45, 2.75) is 0 Å². The van der Waals surface area contributed by atoms with Crippen molar-refractivity contribution in [3.63, 3.8) is 0 Å². The molecule has 1 aromatic heterocycles. The van der Waals surface area contributed by atoms with Gasteiger partial charge in [0.2, 0.25) is 0 Å². The number of pyridine rings is 1. The molecule has 86 valence electrons. The maximum atomic E-state index is 8.65. The molecule has 0 radical (unpaired) electrons. The molecule has 2 rings (SSSR count). The molecule has 0 spiro atoms. The molecule has 0 saturated heterocycles. The van der Waals surface area contributed by atoms with E-state index in [2.05, 4.69) is 10.3 Å². The molecule has 0 unspecified atom stereocenters. The lowest BCUT2D eigenvalue weighted by atomic mass is 10.2. The fraction of sp³-hybridized carbons (Fsp3) is 0. The third-order valence-electron chi connectivity index (χ3n) is 2.33. The quantitative estimate of drug-likeness (QED) is 0.835. The minimum Gasteiger partial charge on any atom is -0.359 e. The number of hydrogen-bond donors (Lipinski definition) is 1. The predicted molar refractivity (Wildman–Crippen MR) is 69.7 cm³/mol. The SMILES string of the molecule is N#CC(C#N)=CNc1ccc(Cl)c2ncccc12. The Morgan fingerprint density at radius 2 is 2.06 bits per heavy atom. The van der Waals surface area contributed by atoms with Gasteiger partial charge < -0.3 is 5.32 Å². The van der Waals surface area contributed by atoms with Crippen molar-refractivity contribution in [1.29, 1.82) is 10.5 Å². The van der Waals surface area contributed by atoms with E-state index in [1.165, 1.54) is 6.20 Å². The van der Waals surface area contributed by atoms with Gasteiger partial charge in [-0.2, -0.15) is 10.5 Å². The van der Waals surface area contributed by atoms with Crippen LogP contribution in [0.4, 0.5) is 5.69 Å². The maximum Gasteiger partial charge on any atom is 0.145 e. The number of aromatic nitrogens is 1. The summed E-state index contributed by atoms with van der Waals surface area (Å²) in [5.41, 5.74) is 1.42. The number of nitrogens with one attached hydrogen (secondary N) is 1. The molecule has 1 heterocycles. The number of nitrogens with zero attached hydrogens (tertiary/aromatic N) is 3. The van der Waals surface area contributed by atoms with Gasteiger partial charge in [0.25, 0.3) is 0 Å². The molecule has 0 aliphatic heterocycles. The first-order valence-corrected chi connectivity index (χ1v) is 5.44. The predicted octanol–water partition coefficient (Wildman–Crippen LogP) is 3.23. The van der Waals surface area contributed by atoms with Gasteiger partial charge in [0, 0.05) is 23.5 Å². The molecular formula is C13H7ClN4. The Hall–Kier alpha value is -2.56. The van der Waals surface area contributed by atoms with Crippen LogP contribution in [0.25, 0.3) is 10.9 Å². The molecule has 1 aromatic carbocycles. The topological polar surface area (TPSA) is 72.5 Å². The number of hydrogen-bond acceptors (Lipinski definition) is 4. The number of nitriles is 2. The highest BCUT2D eigenvalue weighted by Gasteiger charge is 2.04. The van der Waals surface area contributed by atoms with Gasteiger partial charge in [-0.1, -0.05) is 11.6 Å². The van der Waals surface area contributed by atoms with E-state index >= 15 is 0 Å². The van der Waals surface area contributed by atoms with Crippen molar-refractivity contribution < 1.29 is 0 Å². The largest absolute Gasteiger partial charge is 0.359 e. The van der Waals surface area contributed by atoms with Crippen LogP contribution in [0.2, 0.25) is 5.02 Å². The van der Waals surface area contributed by atoms with Crippen LogP contribution in [0, 0.1) is 22.7 Å². The molecule has 0 aliphatic rings. The number of benzene rings is 1. The molecule has 4 nitrogen and oxygen atoms in total. The van der Waals surface area contributed by atoms with Crippen LogP contribution in [0.3, 0.4) is 0 Å². The molecule has 0 saturated carbocycles. The highest BCUT2D eigenvalue weighted by atomic mass is 35.5. The zero-order valence-corrected chi connectivity index (χ0v) is 9.94. The highest BCUT2D eigenvalue weighted by Crippen LogP contribution is 2.27. The summed E-state index contributed by atoms with van der Waals surface area (Å²) < 4.78 is 0. The monoisotopic (exact) mass is 254 g/mol. The molecule has 0 aliphatic carbocycles. The average molecular weight is 255 g/mol. The summed E-state index contributed by atoms with van der Waals surface area (Å²) in [7, 11) is 0. The van der Waals surface area contributed by atoms with Crippen molar-refractivity contribution in [3.05, 3.63) is 47.3 Å².